The van der Waals surface area contributed by atoms with Crippen molar-refractivity contribution in [1.29, 1.82) is 0 Å². The highest BCUT2D eigenvalue weighted by Crippen LogP contribution is 2.45. The van der Waals surface area contributed by atoms with Gasteiger partial charge in [-0.15, -0.1) is 70.6 Å². The molecule has 0 bridgehead atoms. The molecule has 0 fully saturated rings. The molecule has 0 aliphatic carbocycles. The minimum absolute atomic E-state index is 0.578. The number of benzene rings is 3. The van der Waals surface area contributed by atoms with Gasteiger partial charge in [0.25, 0.3) is 0 Å². The molecule has 450 valence electrons. The van der Waals surface area contributed by atoms with Crippen LogP contribution in [0.2, 0.25) is 0 Å². The monoisotopic (exact) mass is 1200 g/mol. The Hall–Kier alpha value is -1.63. The molecule has 11 heteroatoms. The number of unbranched alkanes of at least 4 members (excludes halogenated alkanes) is 30. The second kappa shape index (κ2) is 48.6. The molecular formula is C69H113N5S6. The topological polar surface area (TPSA) is 62.7 Å². The Labute approximate surface area is 518 Å². The first-order valence-corrected chi connectivity index (χ1v) is 38.9. The van der Waals surface area contributed by atoms with Crippen molar-refractivity contribution in [1.82, 2.24) is 15.0 Å². The van der Waals surface area contributed by atoms with E-state index in [1.165, 1.54) is 272 Å². The van der Waals surface area contributed by atoms with E-state index in [-0.39, 0.29) is 0 Å². The minimum atomic E-state index is 0.578. The van der Waals surface area contributed by atoms with Gasteiger partial charge in [0, 0.05) is 46.3 Å². The fourth-order valence-electron chi connectivity index (χ4n) is 9.84. The van der Waals surface area contributed by atoms with Crippen molar-refractivity contribution in [2.24, 2.45) is 0 Å². The standard InChI is InChI=1S/C69H113N5S6/c1-7-13-19-25-31-40-48-75-61-54-59(55-62(76-49-41-32-26-20-14-8-2)65(61)79-52-44-35-29-23-17-11-5)70-68-72-67(58-46-38-37-39-47-58)73-69(74-68)71-60-56-63(77-50-42-33-27-21-15-9-3)66(80-53-45-36-30-24-18-12-6)64(57-60)78-51-43-34-28-22-16-10-4/h37-39,46-47,54-57H,7-36,40-45,48-53H2,1-6H3,(H2,70,71,72,73,74). The first kappa shape index (κ1) is 70.9. The lowest BCUT2D eigenvalue weighted by Gasteiger charge is -2.19. The van der Waals surface area contributed by atoms with E-state index >= 15 is 0 Å². The molecule has 0 radical (unpaired) electrons. The Morgan fingerprint density at radius 2 is 0.537 bits per heavy atom. The van der Waals surface area contributed by atoms with Crippen molar-refractivity contribution in [2.75, 3.05) is 45.2 Å². The molecule has 0 aliphatic rings. The van der Waals surface area contributed by atoms with Gasteiger partial charge in [0.15, 0.2) is 5.82 Å². The van der Waals surface area contributed by atoms with Crippen LogP contribution in [-0.4, -0.2) is 49.5 Å². The van der Waals surface area contributed by atoms with E-state index in [2.05, 4.69) is 177 Å². The lowest BCUT2D eigenvalue weighted by molar-refractivity contribution is 0.626. The predicted octanol–water partition coefficient (Wildman–Crippen LogP) is 25.7. The summed E-state index contributed by atoms with van der Waals surface area (Å²) in [7, 11) is 0. The van der Waals surface area contributed by atoms with Crippen LogP contribution in [0.5, 0.6) is 0 Å². The molecule has 0 saturated carbocycles. The zero-order valence-electron chi connectivity index (χ0n) is 51.7. The van der Waals surface area contributed by atoms with E-state index in [0.717, 1.165) is 39.9 Å². The molecule has 4 rings (SSSR count). The molecule has 3 aromatic carbocycles. The maximum atomic E-state index is 5.26. The Bertz CT molecular complexity index is 1920. The first-order valence-electron chi connectivity index (χ1n) is 33.0. The zero-order chi connectivity index (χ0) is 56.8. The van der Waals surface area contributed by atoms with Gasteiger partial charge in [-0.05, 0) is 97.3 Å². The smallest absolute Gasteiger partial charge is 0.232 e. The van der Waals surface area contributed by atoms with Crippen LogP contribution in [0.25, 0.3) is 11.4 Å². The van der Waals surface area contributed by atoms with Crippen LogP contribution in [0, 0.1) is 0 Å². The van der Waals surface area contributed by atoms with E-state index < -0.39 is 0 Å². The minimum Gasteiger partial charge on any atom is -0.324 e. The molecule has 0 spiro atoms. The fraction of sp³-hybridized carbons (Fsp3) is 0.696. The van der Waals surface area contributed by atoms with Crippen LogP contribution in [0.15, 0.2) is 84.0 Å². The van der Waals surface area contributed by atoms with Gasteiger partial charge in [0.2, 0.25) is 11.9 Å². The van der Waals surface area contributed by atoms with Gasteiger partial charge in [-0.2, -0.15) is 15.0 Å². The first-order chi connectivity index (χ1) is 39.5. The van der Waals surface area contributed by atoms with Crippen molar-refractivity contribution < 1.29 is 0 Å². The number of hydrogen-bond acceptors (Lipinski definition) is 11. The lowest BCUT2D eigenvalue weighted by Crippen LogP contribution is -2.06. The summed E-state index contributed by atoms with van der Waals surface area (Å²) in [4.78, 5) is 24.3. The average molecular weight is 1210 g/mol. The number of nitrogens with one attached hydrogen (secondary N) is 2. The van der Waals surface area contributed by atoms with Crippen LogP contribution in [-0.2, 0) is 0 Å². The molecule has 0 saturated heterocycles. The van der Waals surface area contributed by atoms with E-state index in [9.17, 15) is 0 Å². The van der Waals surface area contributed by atoms with Crippen molar-refractivity contribution in [3.05, 3.63) is 54.6 Å². The maximum absolute atomic E-state index is 5.26. The van der Waals surface area contributed by atoms with Crippen LogP contribution in [0.3, 0.4) is 0 Å². The highest BCUT2D eigenvalue weighted by Gasteiger charge is 2.19. The molecule has 0 atom stereocenters. The van der Waals surface area contributed by atoms with Gasteiger partial charge < -0.3 is 10.6 Å². The van der Waals surface area contributed by atoms with Crippen molar-refractivity contribution >= 4 is 93.8 Å². The largest absolute Gasteiger partial charge is 0.324 e. The van der Waals surface area contributed by atoms with E-state index in [0.29, 0.717) is 17.7 Å². The summed E-state index contributed by atoms with van der Waals surface area (Å²) in [5.41, 5.74) is 3.11. The van der Waals surface area contributed by atoms with E-state index in [4.69, 9.17) is 15.0 Å². The SMILES string of the molecule is CCCCCCCCSc1cc(Nc2nc(Nc3cc(SCCCCCCCC)c(SCCCCCCCC)c(SCCCCCCCC)c3)nc(-c3ccccc3)n2)cc(SCCCCCCCC)c1SCCCCCCCC. The van der Waals surface area contributed by atoms with Crippen molar-refractivity contribution in [3.63, 3.8) is 0 Å². The summed E-state index contributed by atoms with van der Waals surface area (Å²) in [6.07, 6.45) is 47.6. The number of thioether (sulfide) groups is 6. The van der Waals surface area contributed by atoms with Gasteiger partial charge >= 0.3 is 0 Å². The Morgan fingerprint density at radius 3 is 0.812 bits per heavy atom. The van der Waals surface area contributed by atoms with Gasteiger partial charge in [-0.1, -0.05) is 264 Å². The number of hydrogen-bond donors (Lipinski definition) is 2. The predicted molar refractivity (Wildman–Crippen MR) is 369 cm³/mol. The maximum Gasteiger partial charge on any atom is 0.232 e. The van der Waals surface area contributed by atoms with Crippen LogP contribution in [0.1, 0.15) is 273 Å². The number of rotatable bonds is 53. The molecule has 80 heavy (non-hydrogen) atoms. The molecule has 0 amide bonds. The van der Waals surface area contributed by atoms with E-state index in [1.807, 2.05) is 0 Å². The number of aromatic nitrogens is 3. The molecular weight excluding hydrogens is 1090 g/mol. The van der Waals surface area contributed by atoms with E-state index in [1.54, 1.807) is 0 Å². The highest BCUT2D eigenvalue weighted by atomic mass is 32.2. The molecule has 5 nitrogen and oxygen atoms in total. The Kier molecular flexibility index (Phi) is 43.0. The molecule has 1 heterocycles. The second-order valence-corrected chi connectivity index (χ2v) is 29.0. The zero-order valence-corrected chi connectivity index (χ0v) is 56.6. The quantitative estimate of drug-likeness (QED) is 0.0328. The Balaban J connectivity index is 1.74. The summed E-state index contributed by atoms with van der Waals surface area (Å²) in [5, 5.41) is 7.65. The third-order valence-corrected chi connectivity index (χ3v) is 22.2. The third-order valence-electron chi connectivity index (χ3n) is 14.7. The molecule has 2 N–H and O–H groups in total. The lowest BCUT2D eigenvalue weighted by atomic mass is 10.1. The van der Waals surface area contributed by atoms with Gasteiger partial charge in [0.1, 0.15) is 0 Å². The molecule has 4 aromatic rings. The van der Waals surface area contributed by atoms with Crippen LogP contribution < -0.4 is 10.6 Å². The third kappa shape index (κ3) is 32.0. The van der Waals surface area contributed by atoms with Gasteiger partial charge in [-0.3, -0.25) is 0 Å². The average Bonchev–Trinajstić information content (AvgIpc) is 3.47. The summed E-state index contributed by atoms with van der Waals surface area (Å²) in [5.74, 6) is 8.77. The molecule has 1 aromatic heterocycles. The fourth-order valence-corrected chi connectivity index (χ4v) is 17.4. The van der Waals surface area contributed by atoms with Gasteiger partial charge in [0.05, 0.1) is 0 Å². The normalized spacial score (nSPS) is 11.5. The Morgan fingerprint density at radius 1 is 0.287 bits per heavy atom. The molecule has 0 unspecified atom stereocenters. The summed E-state index contributed by atoms with van der Waals surface area (Å²) >= 11 is 12.5. The van der Waals surface area contributed by atoms with Crippen LogP contribution in [0.4, 0.5) is 23.3 Å². The van der Waals surface area contributed by atoms with Gasteiger partial charge in [-0.25, -0.2) is 0 Å². The summed E-state index contributed by atoms with van der Waals surface area (Å²) < 4.78 is 0. The number of nitrogens with zero attached hydrogens (tertiary/aromatic N) is 3. The number of anilines is 4. The van der Waals surface area contributed by atoms with Crippen molar-refractivity contribution in [2.45, 2.75) is 302 Å². The highest BCUT2D eigenvalue weighted by molar-refractivity contribution is 8.04. The summed E-state index contributed by atoms with van der Waals surface area (Å²) in [6.45, 7) is 13.9. The van der Waals surface area contributed by atoms with Crippen LogP contribution >= 0.6 is 70.6 Å². The molecule has 0 aliphatic heterocycles. The van der Waals surface area contributed by atoms with Crippen molar-refractivity contribution in [3.8, 4) is 11.4 Å². The second-order valence-electron chi connectivity index (χ2n) is 22.2. The summed E-state index contributed by atoms with van der Waals surface area (Å²) in [6, 6.07) is 20.2.